The molecule has 9 heteroatoms. The normalized spacial score (nSPS) is 10.8. The van der Waals surface area contributed by atoms with Crippen LogP contribution in [0.25, 0.3) is 0 Å². The molecule has 1 amide bonds. The highest BCUT2D eigenvalue weighted by molar-refractivity contribution is 8.00. The van der Waals surface area contributed by atoms with Crippen LogP contribution in [0.2, 0.25) is 0 Å². The minimum absolute atomic E-state index is 0.0702. The molecule has 2 aromatic rings. The molecule has 0 spiro atoms. The molecule has 0 saturated heterocycles. The van der Waals surface area contributed by atoms with Crippen LogP contribution in [-0.2, 0) is 4.79 Å². The summed E-state index contributed by atoms with van der Waals surface area (Å²) in [6.07, 6.45) is 0. The standard InChI is InChI=1S/C12H13N3O4S2/c1-6(2)10-14-15-12(19-10)13-9(16)5-20-7-3-8(11(17)18)21-4-7/h3-4,6H,5H2,1-2H3,(H,17,18)(H,13,15,16). The van der Waals surface area contributed by atoms with Crippen molar-refractivity contribution >= 4 is 41.0 Å². The Kier molecular flexibility index (Phi) is 4.97. The molecule has 0 fully saturated rings. The molecule has 0 aliphatic rings. The molecule has 0 unspecified atom stereocenters. The SMILES string of the molecule is CC(C)c1nnc(NC(=O)CSc2csc(C(=O)O)c2)o1. The van der Waals surface area contributed by atoms with Gasteiger partial charge in [0.05, 0.1) is 5.75 Å². The van der Waals surface area contributed by atoms with Gasteiger partial charge in [0.1, 0.15) is 4.88 Å². The zero-order valence-electron chi connectivity index (χ0n) is 11.3. The predicted molar refractivity (Wildman–Crippen MR) is 79.0 cm³/mol. The number of rotatable bonds is 6. The average molecular weight is 327 g/mol. The van der Waals surface area contributed by atoms with Gasteiger partial charge in [-0.2, -0.15) is 0 Å². The van der Waals surface area contributed by atoms with Gasteiger partial charge in [-0.25, -0.2) is 4.79 Å². The molecule has 0 aliphatic carbocycles. The summed E-state index contributed by atoms with van der Waals surface area (Å²) in [5.74, 6) is -0.570. The van der Waals surface area contributed by atoms with Crippen LogP contribution in [0.3, 0.4) is 0 Å². The smallest absolute Gasteiger partial charge is 0.345 e. The number of carbonyl (C=O) groups is 2. The van der Waals surface area contributed by atoms with Crippen molar-refractivity contribution in [2.45, 2.75) is 24.7 Å². The van der Waals surface area contributed by atoms with Gasteiger partial charge < -0.3 is 9.52 Å². The minimum atomic E-state index is -0.969. The number of amides is 1. The molecule has 21 heavy (non-hydrogen) atoms. The molecule has 112 valence electrons. The quantitative estimate of drug-likeness (QED) is 0.786. The summed E-state index contributed by atoms with van der Waals surface area (Å²) in [5, 5.41) is 20.5. The second-order valence-electron chi connectivity index (χ2n) is 4.39. The van der Waals surface area contributed by atoms with Crippen LogP contribution in [0.1, 0.15) is 35.3 Å². The van der Waals surface area contributed by atoms with Crippen molar-refractivity contribution in [3.05, 3.63) is 22.2 Å². The Morgan fingerprint density at radius 1 is 1.48 bits per heavy atom. The van der Waals surface area contributed by atoms with Gasteiger partial charge in [0.2, 0.25) is 11.8 Å². The Labute approximate surface area is 128 Å². The molecule has 2 N–H and O–H groups in total. The van der Waals surface area contributed by atoms with E-state index in [1.165, 1.54) is 17.8 Å². The van der Waals surface area contributed by atoms with Gasteiger partial charge in [-0.15, -0.1) is 28.2 Å². The van der Waals surface area contributed by atoms with E-state index < -0.39 is 5.97 Å². The zero-order chi connectivity index (χ0) is 15.4. The first-order chi connectivity index (χ1) is 9.95. The van der Waals surface area contributed by atoms with E-state index in [0.29, 0.717) is 5.89 Å². The lowest BCUT2D eigenvalue weighted by Gasteiger charge is -1.99. The largest absolute Gasteiger partial charge is 0.477 e. The van der Waals surface area contributed by atoms with Crippen molar-refractivity contribution in [3.63, 3.8) is 0 Å². The molecule has 2 rings (SSSR count). The third-order valence-electron chi connectivity index (χ3n) is 2.34. The highest BCUT2D eigenvalue weighted by Crippen LogP contribution is 2.25. The van der Waals surface area contributed by atoms with E-state index >= 15 is 0 Å². The highest BCUT2D eigenvalue weighted by Gasteiger charge is 2.13. The fraction of sp³-hybridized carbons (Fsp3) is 0.333. The number of carboxylic acids is 1. The van der Waals surface area contributed by atoms with E-state index in [1.54, 1.807) is 5.38 Å². The monoisotopic (exact) mass is 327 g/mol. The lowest BCUT2D eigenvalue weighted by atomic mass is 10.2. The Morgan fingerprint density at radius 2 is 2.24 bits per heavy atom. The van der Waals surface area contributed by atoms with Crippen molar-refractivity contribution in [3.8, 4) is 0 Å². The molecule has 0 bridgehead atoms. The van der Waals surface area contributed by atoms with E-state index in [4.69, 9.17) is 9.52 Å². The summed E-state index contributed by atoms with van der Waals surface area (Å²) >= 11 is 2.37. The number of hydrogen-bond acceptors (Lipinski definition) is 7. The van der Waals surface area contributed by atoms with Crippen molar-refractivity contribution in [2.75, 3.05) is 11.1 Å². The number of hydrogen-bond donors (Lipinski definition) is 2. The summed E-state index contributed by atoms with van der Waals surface area (Å²) < 4.78 is 5.26. The first kappa shape index (κ1) is 15.5. The topological polar surface area (TPSA) is 105 Å². The lowest BCUT2D eigenvalue weighted by molar-refractivity contribution is -0.113. The molecular formula is C12H13N3O4S2. The fourth-order valence-electron chi connectivity index (χ4n) is 1.33. The number of nitrogens with zero attached hydrogens (tertiary/aromatic N) is 2. The first-order valence-corrected chi connectivity index (χ1v) is 7.90. The van der Waals surface area contributed by atoms with E-state index in [1.807, 2.05) is 13.8 Å². The van der Waals surface area contributed by atoms with Gasteiger partial charge in [-0.05, 0) is 6.07 Å². The lowest BCUT2D eigenvalue weighted by Crippen LogP contribution is -2.14. The number of carboxylic acid groups (broad SMARTS) is 1. The van der Waals surface area contributed by atoms with Crippen LogP contribution in [-0.4, -0.2) is 32.9 Å². The number of thiophene rings is 1. The van der Waals surface area contributed by atoms with Crippen molar-refractivity contribution in [1.82, 2.24) is 10.2 Å². The fourth-order valence-corrected chi connectivity index (χ4v) is 3.00. The molecule has 0 radical (unpaired) electrons. The predicted octanol–water partition coefficient (Wildman–Crippen LogP) is 2.68. The van der Waals surface area contributed by atoms with E-state index in [9.17, 15) is 9.59 Å². The Morgan fingerprint density at radius 3 is 2.81 bits per heavy atom. The Hall–Kier alpha value is -1.87. The first-order valence-electron chi connectivity index (χ1n) is 6.03. The second-order valence-corrected chi connectivity index (χ2v) is 6.35. The van der Waals surface area contributed by atoms with E-state index in [0.717, 1.165) is 16.2 Å². The molecule has 0 saturated carbocycles. The third-order valence-corrected chi connectivity index (χ3v) is 4.38. The number of thioether (sulfide) groups is 1. The van der Waals surface area contributed by atoms with Crippen molar-refractivity contribution in [1.29, 1.82) is 0 Å². The third kappa shape index (κ3) is 4.30. The van der Waals surface area contributed by atoms with Gasteiger partial charge in [0, 0.05) is 16.2 Å². The highest BCUT2D eigenvalue weighted by atomic mass is 32.2. The van der Waals surface area contributed by atoms with Gasteiger partial charge in [-0.3, -0.25) is 10.1 Å². The maximum absolute atomic E-state index is 11.7. The maximum Gasteiger partial charge on any atom is 0.345 e. The molecule has 0 aliphatic heterocycles. The van der Waals surface area contributed by atoms with Crippen LogP contribution < -0.4 is 5.32 Å². The van der Waals surface area contributed by atoms with Crippen LogP contribution in [0.15, 0.2) is 20.8 Å². The number of anilines is 1. The van der Waals surface area contributed by atoms with Gasteiger partial charge in [0.15, 0.2) is 0 Å². The van der Waals surface area contributed by atoms with Gasteiger partial charge in [-0.1, -0.05) is 18.9 Å². The van der Waals surface area contributed by atoms with E-state index in [2.05, 4.69) is 15.5 Å². The molecule has 0 atom stereocenters. The van der Waals surface area contributed by atoms with Crippen LogP contribution in [0, 0.1) is 0 Å². The number of aromatic carboxylic acids is 1. The van der Waals surface area contributed by atoms with Crippen molar-refractivity contribution in [2.24, 2.45) is 0 Å². The number of nitrogens with one attached hydrogen (secondary N) is 1. The Bertz CT molecular complexity index is 650. The zero-order valence-corrected chi connectivity index (χ0v) is 13.0. The minimum Gasteiger partial charge on any atom is -0.477 e. The molecule has 7 nitrogen and oxygen atoms in total. The molecular weight excluding hydrogens is 314 g/mol. The molecule has 2 aromatic heterocycles. The van der Waals surface area contributed by atoms with E-state index in [-0.39, 0.29) is 28.5 Å². The summed E-state index contributed by atoms with van der Waals surface area (Å²) in [6.45, 7) is 3.82. The second kappa shape index (κ2) is 6.72. The molecule has 0 aromatic carbocycles. The number of carbonyl (C=O) groups excluding carboxylic acids is 1. The van der Waals surface area contributed by atoms with Crippen molar-refractivity contribution < 1.29 is 19.1 Å². The summed E-state index contributed by atoms with van der Waals surface area (Å²) in [4.78, 5) is 23.5. The van der Waals surface area contributed by atoms with Crippen LogP contribution in [0.4, 0.5) is 6.01 Å². The average Bonchev–Trinajstić information content (AvgIpc) is 3.05. The number of aromatic nitrogens is 2. The summed E-state index contributed by atoms with van der Waals surface area (Å²) in [5.41, 5.74) is 0. The Balaban J connectivity index is 1.85. The maximum atomic E-state index is 11.7. The van der Waals surface area contributed by atoms with Gasteiger partial charge in [0.25, 0.3) is 0 Å². The summed E-state index contributed by atoms with van der Waals surface area (Å²) in [6, 6.07) is 1.61. The van der Waals surface area contributed by atoms with Crippen LogP contribution in [0.5, 0.6) is 0 Å². The summed E-state index contributed by atoms with van der Waals surface area (Å²) in [7, 11) is 0. The molecule has 2 heterocycles. The van der Waals surface area contributed by atoms with Crippen LogP contribution >= 0.6 is 23.1 Å². The van der Waals surface area contributed by atoms with Gasteiger partial charge >= 0.3 is 12.0 Å².